The Kier molecular flexibility index (Phi) is 6.60. The van der Waals surface area contributed by atoms with Crippen molar-refractivity contribution >= 4 is 23.4 Å². The molecule has 1 saturated heterocycles. The third kappa shape index (κ3) is 4.97. The SMILES string of the molecule is CCOc1ccccc1NC(=O)C(=O)NCCCN1CCCC1=O. The number of hydrogen-bond acceptors (Lipinski definition) is 4. The number of nitrogens with zero attached hydrogens (tertiary/aromatic N) is 1. The first kappa shape index (κ1) is 17.8. The lowest BCUT2D eigenvalue weighted by Crippen LogP contribution is -2.37. The van der Waals surface area contributed by atoms with E-state index in [1.807, 2.05) is 6.92 Å². The molecule has 0 aromatic heterocycles. The first-order chi connectivity index (χ1) is 11.6. The Balaban J connectivity index is 1.74. The van der Waals surface area contributed by atoms with Crippen molar-refractivity contribution in [2.75, 3.05) is 31.6 Å². The lowest BCUT2D eigenvalue weighted by molar-refractivity contribution is -0.136. The number of para-hydroxylation sites is 2. The third-order valence-electron chi connectivity index (χ3n) is 3.70. The van der Waals surface area contributed by atoms with Gasteiger partial charge in [-0.1, -0.05) is 12.1 Å². The van der Waals surface area contributed by atoms with E-state index in [0.717, 1.165) is 13.0 Å². The maximum absolute atomic E-state index is 11.9. The number of likely N-dealkylation sites (tertiary alicyclic amines) is 1. The van der Waals surface area contributed by atoms with E-state index >= 15 is 0 Å². The maximum atomic E-state index is 11.9. The van der Waals surface area contributed by atoms with Crippen LogP contribution in [-0.4, -0.2) is 48.9 Å². The average Bonchev–Trinajstić information content (AvgIpc) is 2.98. The monoisotopic (exact) mass is 333 g/mol. The van der Waals surface area contributed by atoms with E-state index in [9.17, 15) is 14.4 Å². The summed E-state index contributed by atoms with van der Waals surface area (Å²) in [4.78, 5) is 37.0. The van der Waals surface area contributed by atoms with Crippen molar-refractivity contribution in [3.63, 3.8) is 0 Å². The van der Waals surface area contributed by atoms with Crippen LogP contribution in [-0.2, 0) is 14.4 Å². The van der Waals surface area contributed by atoms with Crippen LogP contribution in [0.1, 0.15) is 26.2 Å². The molecule has 0 unspecified atom stereocenters. The molecule has 0 saturated carbocycles. The van der Waals surface area contributed by atoms with Crippen LogP contribution in [0.15, 0.2) is 24.3 Å². The molecule has 7 heteroatoms. The molecule has 1 heterocycles. The van der Waals surface area contributed by atoms with Crippen LogP contribution in [0.4, 0.5) is 5.69 Å². The summed E-state index contributed by atoms with van der Waals surface area (Å²) < 4.78 is 5.40. The van der Waals surface area contributed by atoms with Gasteiger partial charge in [0.05, 0.1) is 12.3 Å². The van der Waals surface area contributed by atoms with Gasteiger partial charge in [-0.15, -0.1) is 0 Å². The summed E-state index contributed by atoms with van der Waals surface area (Å²) >= 11 is 0. The van der Waals surface area contributed by atoms with Crippen LogP contribution < -0.4 is 15.4 Å². The van der Waals surface area contributed by atoms with Crippen LogP contribution in [0.3, 0.4) is 0 Å². The summed E-state index contributed by atoms with van der Waals surface area (Å²) in [6.07, 6.45) is 2.13. The van der Waals surface area contributed by atoms with E-state index in [4.69, 9.17) is 4.74 Å². The van der Waals surface area contributed by atoms with Crippen molar-refractivity contribution in [1.82, 2.24) is 10.2 Å². The zero-order valence-electron chi connectivity index (χ0n) is 13.8. The average molecular weight is 333 g/mol. The molecule has 1 aliphatic heterocycles. The highest BCUT2D eigenvalue weighted by atomic mass is 16.5. The molecule has 130 valence electrons. The van der Waals surface area contributed by atoms with Gasteiger partial charge >= 0.3 is 11.8 Å². The van der Waals surface area contributed by atoms with Crippen molar-refractivity contribution in [3.05, 3.63) is 24.3 Å². The van der Waals surface area contributed by atoms with Crippen molar-refractivity contribution in [2.45, 2.75) is 26.2 Å². The van der Waals surface area contributed by atoms with E-state index in [0.29, 0.717) is 44.0 Å². The maximum Gasteiger partial charge on any atom is 0.313 e. The molecule has 1 aliphatic rings. The molecule has 0 bridgehead atoms. The normalized spacial score (nSPS) is 13.7. The van der Waals surface area contributed by atoms with Crippen molar-refractivity contribution in [2.24, 2.45) is 0 Å². The van der Waals surface area contributed by atoms with Gasteiger partial charge in [0, 0.05) is 26.1 Å². The minimum atomic E-state index is -0.737. The Morgan fingerprint density at radius 1 is 1.25 bits per heavy atom. The molecule has 1 fully saturated rings. The van der Waals surface area contributed by atoms with E-state index in [1.54, 1.807) is 29.2 Å². The van der Waals surface area contributed by atoms with Gasteiger partial charge in [0.1, 0.15) is 5.75 Å². The second-order valence-electron chi connectivity index (χ2n) is 5.48. The van der Waals surface area contributed by atoms with E-state index in [-0.39, 0.29) is 5.91 Å². The minimum absolute atomic E-state index is 0.159. The highest BCUT2D eigenvalue weighted by Crippen LogP contribution is 2.23. The number of amides is 3. The Hall–Kier alpha value is -2.57. The number of hydrogen-bond donors (Lipinski definition) is 2. The smallest absolute Gasteiger partial charge is 0.313 e. The van der Waals surface area contributed by atoms with Crippen molar-refractivity contribution in [3.8, 4) is 5.75 Å². The van der Waals surface area contributed by atoms with Gasteiger partial charge < -0.3 is 20.3 Å². The fourth-order valence-corrected chi connectivity index (χ4v) is 2.52. The summed E-state index contributed by atoms with van der Waals surface area (Å²) in [5, 5.41) is 5.11. The van der Waals surface area contributed by atoms with E-state index in [1.165, 1.54) is 0 Å². The number of rotatable bonds is 7. The molecule has 2 rings (SSSR count). The summed E-state index contributed by atoms with van der Waals surface area (Å²) in [6, 6.07) is 6.95. The van der Waals surface area contributed by atoms with Crippen molar-refractivity contribution in [1.29, 1.82) is 0 Å². The molecular weight excluding hydrogens is 310 g/mol. The number of ether oxygens (including phenoxy) is 1. The van der Waals surface area contributed by atoms with Gasteiger partial charge in [-0.05, 0) is 31.9 Å². The lowest BCUT2D eigenvalue weighted by Gasteiger charge is -2.15. The Morgan fingerprint density at radius 2 is 2.04 bits per heavy atom. The predicted octanol–water partition coefficient (Wildman–Crippen LogP) is 1.15. The molecular formula is C17H23N3O4. The number of benzene rings is 1. The van der Waals surface area contributed by atoms with E-state index < -0.39 is 11.8 Å². The summed E-state index contributed by atoms with van der Waals surface area (Å²) in [7, 11) is 0. The van der Waals surface area contributed by atoms with Gasteiger partial charge in [0.25, 0.3) is 0 Å². The minimum Gasteiger partial charge on any atom is -0.492 e. The van der Waals surface area contributed by atoms with Crippen molar-refractivity contribution < 1.29 is 19.1 Å². The second-order valence-corrected chi connectivity index (χ2v) is 5.48. The number of anilines is 1. The Bertz CT molecular complexity index is 603. The van der Waals surface area contributed by atoms with Crippen LogP contribution in [0.25, 0.3) is 0 Å². The summed E-state index contributed by atoms with van der Waals surface area (Å²) in [5.74, 6) is -0.756. The first-order valence-electron chi connectivity index (χ1n) is 8.20. The predicted molar refractivity (Wildman–Crippen MR) is 89.7 cm³/mol. The zero-order valence-corrected chi connectivity index (χ0v) is 13.8. The highest BCUT2D eigenvalue weighted by Gasteiger charge is 2.19. The van der Waals surface area contributed by atoms with Gasteiger partial charge in [-0.3, -0.25) is 14.4 Å². The van der Waals surface area contributed by atoms with Crippen LogP contribution in [0.5, 0.6) is 5.75 Å². The van der Waals surface area contributed by atoms with Gasteiger partial charge in [0.2, 0.25) is 5.91 Å². The largest absolute Gasteiger partial charge is 0.492 e. The standard InChI is InChI=1S/C17H23N3O4/c1-2-24-14-8-4-3-7-13(14)19-17(23)16(22)18-10-6-12-20-11-5-9-15(20)21/h3-4,7-8H,2,5-6,9-12H2,1H3,(H,18,22)(H,19,23). The molecule has 0 radical (unpaired) electrons. The van der Waals surface area contributed by atoms with Crippen LogP contribution in [0, 0.1) is 0 Å². The third-order valence-corrected chi connectivity index (χ3v) is 3.70. The molecule has 24 heavy (non-hydrogen) atoms. The lowest BCUT2D eigenvalue weighted by atomic mass is 10.3. The fourth-order valence-electron chi connectivity index (χ4n) is 2.52. The number of nitrogens with one attached hydrogen (secondary N) is 2. The summed E-state index contributed by atoms with van der Waals surface area (Å²) in [5.41, 5.74) is 0.460. The Labute approximate surface area is 141 Å². The molecule has 2 N–H and O–H groups in total. The van der Waals surface area contributed by atoms with E-state index in [2.05, 4.69) is 10.6 Å². The van der Waals surface area contributed by atoms with Gasteiger partial charge in [0.15, 0.2) is 0 Å². The molecule has 7 nitrogen and oxygen atoms in total. The molecule has 0 spiro atoms. The summed E-state index contributed by atoms with van der Waals surface area (Å²) in [6.45, 7) is 4.04. The molecule has 3 amide bonds. The molecule has 1 aromatic rings. The van der Waals surface area contributed by atoms with Gasteiger partial charge in [-0.2, -0.15) is 0 Å². The van der Waals surface area contributed by atoms with Crippen LogP contribution >= 0.6 is 0 Å². The topological polar surface area (TPSA) is 87.7 Å². The quantitative estimate of drug-likeness (QED) is 0.579. The molecule has 0 atom stereocenters. The second kappa shape index (κ2) is 8.90. The highest BCUT2D eigenvalue weighted by molar-refractivity contribution is 6.39. The molecule has 0 aliphatic carbocycles. The number of carbonyl (C=O) groups excluding carboxylic acids is 3. The number of carbonyl (C=O) groups is 3. The Morgan fingerprint density at radius 3 is 2.75 bits per heavy atom. The fraction of sp³-hybridized carbons (Fsp3) is 0.471. The zero-order chi connectivity index (χ0) is 17.4. The van der Waals surface area contributed by atoms with Gasteiger partial charge in [-0.25, -0.2) is 0 Å². The molecule has 1 aromatic carbocycles. The first-order valence-corrected chi connectivity index (χ1v) is 8.20. The van der Waals surface area contributed by atoms with Crippen LogP contribution in [0.2, 0.25) is 0 Å².